The zero-order chi connectivity index (χ0) is 12.3. The molecule has 0 bridgehead atoms. The van der Waals surface area contributed by atoms with Gasteiger partial charge in [-0.1, -0.05) is 13.8 Å². The average molecular weight is 239 g/mol. The number of hydrogen-bond donors (Lipinski definition) is 1. The first-order valence-electron chi connectivity index (χ1n) is 7.17. The minimum absolute atomic E-state index is 0.432. The lowest BCUT2D eigenvalue weighted by molar-refractivity contribution is 0.139. The lowest BCUT2D eigenvalue weighted by Gasteiger charge is -2.35. The van der Waals surface area contributed by atoms with E-state index in [0.29, 0.717) is 5.41 Å². The molecule has 0 spiro atoms. The first kappa shape index (κ1) is 13.3. The van der Waals surface area contributed by atoms with Crippen LogP contribution in [0.4, 0.5) is 0 Å². The fraction of sp³-hybridized carbons (Fsp3) is 1.00. The van der Waals surface area contributed by atoms with E-state index in [-0.39, 0.29) is 0 Å². The van der Waals surface area contributed by atoms with Crippen LogP contribution in [0.2, 0.25) is 0 Å². The normalized spacial score (nSPS) is 29.1. The summed E-state index contributed by atoms with van der Waals surface area (Å²) < 4.78 is 0. The molecule has 1 N–H and O–H groups in total. The number of nitrogens with one attached hydrogen (secondary N) is 1. The highest BCUT2D eigenvalue weighted by atomic mass is 15.2. The van der Waals surface area contributed by atoms with Gasteiger partial charge >= 0.3 is 0 Å². The van der Waals surface area contributed by atoms with Crippen molar-refractivity contribution in [1.82, 2.24) is 15.1 Å². The average Bonchev–Trinajstić information content (AvgIpc) is 2.43. The molecular formula is C14H29N3. The fourth-order valence-corrected chi connectivity index (χ4v) is 3.17. The highest BCUT2D eigenvalue weighted by Crippen LogP contribution is 2.22. The van der Waals surface area contributed by atoms with Gasteiger partial charge in [0, 0.05) is 32.7 Å². The monoisotopic (exact) mass is 239 g/mol. The van der Waals surface area contributed by atoms with Crippen molar-refractivity contribution in [3.05, 3.63) is 0 Å². The molecule has 17 heavy (non-hydrogen) atoms. The molecule has 0 aromatic heterocycles. The Morgan fingerprint density at radius 2 is 1.88 bits per heavy atom. The number of hydrogen-bond acceptors (Lipinski definition) is 3. The Bertz CT molecular complexity index is 232. The molecule has 2 heterocycles. The van der Waals surface area contributed by atoms with Gasteiger partial charge in [-0.25, -0.2) is 0 Å². The van der Waals surface area contributed by atoms with Crippen LogP contribution in [-0.2, 0) is 0 Å². The number of piperidine rings is 1. The third kappa shape index (κ3) is 4.23. The second kappa shape index (κ2) is 5.68. The van der Waals surface area contributed by atoms with Crippen molar-refractivity contribution >= 4 is 0 Å². The molecule has 3 nitrogen and oxygen atoms in total. The van der Waals surface area contributed by atoms with E-state index in [9.17, 15) is 0 Å². The van der Waals surface area contributed by atoms with Crippen LogP contribution in [-0.4, -0.2) is 62.7 Å². The maximum Gasteiger partial charge on any atom is 0.0107 e. The smallest absolute Gasteiger partial charge is 0.0107 e. The van der Waals surface area contributed by atoms with Gasteiger partial charge in [-0.2, -0.15) is 0 Å². The van der Waals surface area contributed by atoms with E-state index in [0.717, 1.165) is 19.0 Å². The Balaban J connectivity index is 1.81. The molecule has 0 aliphatic carbocycles. The van der Waals surface area contributed by atoms with Crippen molar-refractivity contribution in [2.45, 2.75) is 26.7 Å². The lowest BCUT2D eigenvalue weighted by atomic mass is 9.91. The van der Waals surface area contributed by atoms with Crippen LogP contribution in [0.25, 0.3) is 0 Å². The van der Waals surface area contributed by atoms with E-state index in [2.05, 4.69) is 36.0 Å². The minimum atomic E-state index is 0.432. The molecule has 2 fully saturated rings. The SMILES string of the molecule is CN1CCC(CN2CCNCC(C)(C)C2)CC1. The summed E-state index contributed by atoms with van der Waals surface area (Å²) in [7, 11) is 2.25. The standard InChI is InChI=1S/C14H29N3/c1-14(2)11-15-6-9-17(12-14)10-13-4-7-16(3)8-5-13/h13,15H,4-12H2,1-3H3. The molecule has 2 rings (SSSR count). The zero-order valence-electron chi connectivity index (χ0n) is 11.8. The topological polar surface area (TPSA) is 18.5 Å². The summed E-state index contributed by atoms with van der Waals surface area (Å²) in [6.45, 7) is 13.5. The van der Waals surface area contributed by atoms with E-state index >= 15 is 0 Å². The van der Waals surface area contributed by atoms with Gasteiger partial charge in [-0.05, 0) is 44.3 Å². The lowest BCUT2D eigenvalue weighted by Crippen LogP contribution is -2.41. The van der Waals surface area contributed by atoms with E-state index in [1.54, 1.807) is 0 Å². The molecule has 0 radical (unpaired) electrons. The van der Waals surface area contributed by atoms with Crippen molar-refractivity contribution in [3.63, 3.8) is 0 Å². The predicted octanol–water partition coefficient (Wildman–Crippen LogP) is 1.26. The summed E-state index contributed by atoms with van der Waals surface area (Å²) in [4.78, 5) is 5.15. The van der Waals surface area contributed by atoms with E-state index in [1.807, 2.05) is 0 Å². The van der Waals surface area contributed by atoms with Crippen LogP contribution < -0.4 is 5.32 Å². The largest absolute Gasteiger partial charge is 0.315 e. The summed E-state index contributed by atoms with van der Waals surface area (Å²) in [5.41, 5.74) is 0.432. The highest BCUT2D eigenvalue weighted by Gasteiger charge is 2.26. The maximum atomic E-state index is 3.56. The molecule has 0 amide bonds. The summed E-state index contributed by atoms with van der Waals surface area (Å²) in [5, 5.41) is 3.56. The number of rotatable bonds is 2. The maximum absolute atomic E-state index is 3.56. The minimum Gasteiger partial charge on any atom is -0.315 e. The van der Waals surface area contributed by atoms with Gasteiger partial charge in [-0.3, -0.25) is 0 Å². The third-order valence-corrected chi connectivity index (χ3v) is 4.21. The Kier molecular flexibility index (Phi) is 4.45. The van der Waals surface area contributed by atoms with Gasteiger partial charge in [0.1, 0.15) is 0 Å². The van der Waals surface area contributed by atoms with Crippen molar-refractivity contribution in [3.8, 4) is 0 Å². The number of nitrogens with zero attached hydrogens (tertiary/aromatic N) is 2. The molecule has 2 saturated heterocycles. The molecule has 0 saturated carbocycles. The van der Waals surface area contributed by atoms with Crippen LogP contribution >= 0.6 is 0 Å². The van der Waals surface area contributed by atoms with Crippen molar-refractivity contribution in [1.29, 1.82) is 0 Å². The van der Waals surface area contributed by atoms with Crippen LogP contribution in [0.5, 0.6) is 0 Å². The quantitative estimate of drug-likeness (QED) is 0.783. The first-order chi connectivity index (χ1) is 8.05. The molecule has 3 heteroatoms. The molecule has 100 valence electrons. The molecule has 0 aromatic carbocycles. The Morgan fingerprint density at radius 3 is 2.59 bits per heavy atom. The molecule has 0 atom stereocenters. The number of likely N-dealkylation sites (tertiary alicyclic amines) is 1. The summed E-state index contributed by atoms with van der Waals surface area (Å²) in [6.07, 6.45) is 2.78. The summed E-state index contributed by atoms with van der Waals surface area (Å²) in [6, 6.07) is 0. The molecule has 0 unspecified atom stereocenters. The second-order valence-electron chi connectivity index (χ2n) is 6.82. The van der Waals surface area contributed by atoms with Crippen LogP contribution in [0.1, 0.15) is 26.7 Å². The zero-order valence-corrected chi connectivity index (χ0v) is 11.8. The van der Waals surface area contributed by atoms with E-state index in [4.69, 9.17) is 0 Å². The summed E-state index contributed by atoms with van der Waals surface area (Å²) in [5.74, 6) is 0.931. The summed E-state index contributed by atoms with van der Waals surface area (Å²) >= 11 is 0. The van der Waals surface area contributed by atoms with E-state index < -0.39 is 0 Å². The van der Waals surface area contributed by atoms with Crippen molar-refractivity contribution in [2.24, 2.45) is 11.3 Å². The van der Waals surface area contributed by atoms with Crippen LogP contribution in [0.3, 0.4) is 0 Å². The van der Waals surface area contributed by atoms with Gasteiger partial charge in [0.05, 0.1) is 0 Å². The second-order valence-corrected chi connectivity index (χ2v) is 6.82. The van der Waals surface area contributed by atoms with E-state index in [1.165, 1.54) is 45.6 Å². The van der Waals surface area contributed by atoms with Crippen molar-refractivity contribution < 1.29 is 0 Å². The fourth-order valence-electron chi connectivity index (χ4n) is 3.17. The van der Waals surface area contributed by atoms with Crippen molar-refractivity contribution in [2.75, 3.05) is 52.9 Å². The van der Waals surface area contributed by atoms with Crippen LogP contribution in [0, 0.1) is 11.3 Å². The highest BCUT2D eigenvalue weighted by molar-refractivity contribution is 4.82. The molecular weight excluding hydrogens is 210 g/mol. The predicted molar refractivity (Wildman–Crippen MR) is 73.3 cm³/mol. The Morgan fingerprint density at radius 1 is 1.18 bits per heavy atom. The third-order valence-electron chi connectivity index (χ3n) is 4.21. The van der Waals surface area contributed by atoms with Gasteiger partial charge in [0.15, 0.2) is 0 Å². The van der Waals surface area contributed by atoms with Gasteiger partial charge in [0.2, 0.25) is 0 Å². The molecule has 2 aliphatic heterocycles. The first-order valence-corrected chi connectivity index (χ1v) is 7.17. The van der Waals surface area contributed by atoms with Gasteiger partial charge < -0.3 is 15.1 Å². The Hall–Kier alpha value is -0.120. The van der Waals surface area contributed by atoms with Gasteiger partial charge in [-0.15, -0.1) is 0 Å². The molecule has 0 aromatic rings. The van der Waals surface area contributed by atoms with Gasteiger partial charge in [0.25, 0.3) is 0 Å². The molecule has 2 aliphatic rings. The Labute approximate surface area is 107 Å². The van der Waals surface area contributed by atoms with Crippen LogP contribution in [0.15, 0.2) is 0 Å².